The molecule has 0 saturated carbocycles. The van der Waals surface area contributed by atoms with Gasteiger partial charge in [0.1, 0.15) is 0 Å². The Bertz CT molecular complexity index is 257. The summed E-state index contributed by atoms with van der Waals surface area (Å²) in [5.41, 5.74) is -0.0199. The van der Waals surface area contributed by atoms with Gasteiger partial charge >= 0.3 is 0 Å². The van der Waals surface area contributed by atoms with E-state index in [4.69, 9.17) is 0 Å². The van der Waals surface area contributed by atoms with Gasteiger partial charge in [0.15, 0.2) is 5.78 Å². The molecule has 0 fully saturated rings. The molecule has 0 saturated heterocycles. The van der Waals surface area contributed by atoms with Gasteiger partial charge in [0.2, 0.25) is 0 Å². The Morgan fingerprint density at radius 2 is 2.09 bits per heavy atom. The number of ketones is 1. The fraction of sp³-hybridized carbons (Fsp3) is 0.333. The van der Waals surface area contributed by atoms with E-state index < -0.39 is 0 Å². The first kappa shape index (κ1) is 6.53. The summed E-state index contributed by atoms with van der Waals surface area (Å²) < 4.78 is 0. The van der Waals surface area contributed by atoms with Crippen LogP contribution < -0.4 is 0 Å². The molecule has 0 N–H and O–H groups in total. The molecule has 2 aliphatic rings. The van der Waals surface area contributed by atoms with Crippen molar-refractivity contribution in [3.63, 3.8) is 0 Å². The highest BCUT2D eigenvalue weighted by atomic mass is 16.1. The molecule has 1 aliphatic heterocycles. The maximum atomic E-state index is 10.8. The Balaban J connectivity index is 2.30. The SMILES string of the molecule is O=C1C=CC2(C=C1)C=NCC2. The third kappa shape index (κ3) is 1.04. The minimum absolute atomic E-state index is 0.0199. The summed E-state index contributed by atoms with van der Waals surface area (Å²) in [7, 11) is 0. The third-order valence-corrected chi connectivity index (χ3v) is 2.12. The first-order valence-electron chi connectivity index (χ1n) is 3.74. The van der Waals surface area contributed by atoms with E-state index in [2.05, 4.69) is 4.99 Å². The normalized spacial score (nSPS) is 25.3. The zero-order chi connectivity index (χ0) is 7.73. The Kier molecular flexibility index (Phi) is 1.28. The van der Waals surface area contributed by atoms with E-state index in [1.54, 1.807) is 12.2 Å². The van der Waals surface area contributed by atoms with E-state index in [1.807, 2.05) is 18.4 Å². The van der Waals surface area contributed by atoms with Crippen molar-refractivity contribution in [2.75, 3.05) is 6.54 Å². The number of hydrogen-bond donors (Lipinski definition) is 0. The molecule has 1 heterocycles. The molecule has 2 rings (SSSR count). The van der Waals surface area contributed by atoms with Crippen molar-refractivity contribution >= 4 is 12.0 Å². The molecule has 0 unspecified atom stereocenters. The van der Waals surface area contributed by atoms with Gasteiger partial charge in [-0.05, 0) is 18.6 Å². The lowest BCUT2D eigenvalue weighted by Crippen LogP contribution is -2.16. The highest BCUT2D eigenvalue weighted by Crippen LogP contribution is 2.29. The maximum Gasteiger partial charge on any atom is 0.178 e. The molecular weight excluding hydrogens is 138 g/mol. The number of hydrogen-bond acceptors (Lipinski definition) is 2. The van der Waals surface area contributed by atoms with Crippen LogP contribution in [0.4, 0.5) is 0 Å². The zero-order valence-electron chi connectivity index (χ0n) is 6.16. The fourth-order valence-electron chi connectivity index (χ4n) is 1.40. The van der Waals surface area contributed by atoms with Gasteiger partial charge < -0.3 is 0 Å². The monoisotopic (exact) mass is 147 g/mol. The third-order valence-electron chi connectivity index (χ3n) is 2.12. The van der Waals surface area contributed by atoms with Crippen LogP contribution in [-0.2, 0) is 4.79 Å². The van der Waals surface area contributed by atoms with Crippen molar-refractivity contribution in [3.8, 4) is 0 Å². The highest BCUT2D eigenvalue weighted by Gasteiger charge is 2.27. The van der Waals surface area contributed by atoms with Crippen molar-refractivity contribution in [2.24, 2.45) is 10.4 Å². The van der Waals surface area contributed by atoms with E-state index in [9.17, 15) is 4.79 Å². The first-order valence-corrected chi connectivity index (χ1v) is 3.74. The summed E-state index contributed by atoms with van der Waals surface area (Å²) in [6.07, 6.45) is 10.0. The molecule has 2 nitrogen and oxygen atoms in total. The van der Waals surface area contributed by atoms with Crippen molar-refractivity contribution in [1.82, 2.24) is 0 Å². The summed E-state index contributed by atoms with van der Waals surface area (Å²) in [6, 6.07) is 0. The summed E-state index contributed by atoms with van der Waals surface area (Å²) in [5.74, 6) is 0.0796. The van der Waals surface area contributed by atoms with Crippen LogP contribution >= 0.6 is 0 Å². The van der Waals surface area contributed by atoms with Crippen molar-refractivity contribution in [1.29, 1.82) is 0 Å². The molecule has 1 spiro atoms. The molecule has 11 heavy (non-hydrogen) atoms. The lowest BCUT2D eigenvalue weighted by molar-refractivity contribution is -0.110. The van der Waals surface area contributed by atoms with E-state index in [0.29, 0.717) is 0 Å². The van der Waals surface area contributed by atoms with Gasteiger partial charge in [0.25, 0.3) is 0 Å². The van der Waals surface area contributed by atoms with E-state index in [-0.39, 0.29) is 11.2 Å². The van der Waals surface area contributed by atoms with Gasteiger partial charge in [-0.15, -0.1) is 0 Å². The molecule has 0 aromatic heterocycles. The van der Waals surface area contributed by atoms with Crippen LogP contribution in [0.3, 0.4) is 0 Å². The predicted octanol–water partition coefficient (Wildman–Crippen LogP) is 1.14. The Hall–Kier alpha value is -1.18. The van der Waals surface area contributed by atoms with Gasteiger partial charge in [-0.2, -0.15) is 0 Å². The molecule has 0 atom stereocenters. The highest BCUT2D eigenvalue weighted by molar-refractivity contribution is 6.02. The number of aliphatic imine (C=N–C) groups is 1. The van der Waals surface area contributed by atoms with Crippen LogP contribution in [-0.4, -0.2) is 18.5 Å². The van der Waals surface area contributed by atoms with E-state index in [0.717, 1.165) is 13.0 Å². The van der Waals surface area contributed by atoms with Gasteiger partial charge in [-0.3, -0.25) is 9.79 Å². The minimum atomic E-state index is -0.0199. The summed E-state index contributed by atoms with van der Waals surface area (Å²) >= 11 is 0. The second-order valence-corrected chi connectivity index (χ2v) is 2.97. The molecule has 56 valence electrons. The van der Waals surface area contributed by atoms with Gasteiger partial charge in [-0.25, -0.2) is 0 Å². The average molecular weight is 147 g/mol. The lowest BCUT2D eigenvalue weighted by atomic mass is 9.84. The van der Waals surface area contributed by atoms with Crippen molar-refractivity contribution in [2.45, 2.75) is 6.42 Å². The number of allylic oxidation sites excluding steroid dienone is 4. The molecule has 2 heteroatoms. The van der Waals surface area contributed by atoms with Gasteiger partial charge in [0, 0.05) is 18.2 Å². The molecule has 0 aromatic carbocycles. The van der Waals surface area contributed by atoms with Crippen LogP contribution in [0, 0.1) is 5.41 Å². The molecular formula is C9H9NO. The number of nitrogens with zero attached hydrogens (tertiary/aromatic N) is 1. The molecule has 1 aliphatic carbocycles. The van der Waals surface area contributed by atoms with E-state index in [1.165, 1.54) is 0 Å². The number of rotatable bonds is 0. The number of carbonyl (C=O) groups is 1. The Labute approximate surface area is 65.3 Å². The van der Waals surface area contributed by atoms with Gasteiger partial charge in [-0.1, -0.05) is 12.2 Å². The fourth-order valence-corrected chi connectivity index (χ4v) is 1.40. The summed E-state index contributed by atoms with van der Waals surface area (Å²) in [4.78, 5) is 14.9. The predicted molar refractivity (Wildman–Crippen MR) is 43.7 cm³/mol. The molecule has 0 amide bonds. The quantitative estimate of drug-likeness (QED) is 0.505. The average Bonchev–Trinajstić information content (AvgIpc) is 2.45. The number of carbonyl (C=O) groups excluding carboxylic acids is 1. The Morgan fingerprint density at radius 3 is 2.64 bits per heavy atom. The van der Waals surface area contributed by atoms with Crippen LogP contribution in [0.1, 0.15) is 6.42 Å². The summed E-state index contributed by atoms with van der Waals surface area (Å²) in [6.45, 7) is 0.878. The van der Waals surface area contributed by atoms with Crippen molar-refractivity contribution < 1.29 is 4.79 Å². The standard InChI is InChI=1S/C9H9NO/c11-8-1-3-9(4-2-8)5-6-10-7-9/h1-4,7H,5-6H2. The molecule has 0 bridgehead atoms. The smallest absolute Gasteiger partial charge is 0.178 e. The van der Waals surface area contributed by atoms with Gasteiger partial charge in [0.05, 0.1) is 0 Å². The van der Waals surface area contributed by atoms with Crippen molar-refractivity contribution in [3.05, 3.63) is 24.3 Å². The Morgan fingerprint density at radius 1 is 1.36 bits per heavy atom. The minimum Gasteiger partial charge on any atom is -0.296 e. The second kappa shape index (κ2) is 2.16. The lowest BCUT2D eigenvalue weighted by Gasteiger charge is -2.18. The van der Waals surface area contributed by atoms with Crippen LogP contribution in [0.25, 0.3) is 0 Å². The molecule has 0 aromatic rings. The zero-order valence-corrected chi connectivity index (χ0v) is 6.16. The van der Waals surface area contributed by atoms with E-state index >= 15 is 0 Å². The van der Waals surface area contributed by atoms with Crippen LogP contribution in [0.5, 0.6) is 0 Å². The first-order chi connectivity index (χ1) is 5.31. The molecule has 0 radical (unpaired) electrons. The largest absolute Gasteiger partial charge is 0.296 e. The second-order valence-electron chi connectivity index (χ2n) is 2.97. The van der Waals surface area contributed by atoms with Crippen LogP contribution in [0.2, 0.25) is 0 Å². The topological polar surface area (TPSA) is 29.4 Å². The maximum absolute atomic E-state index is 10.8. The van der Waals surface area contributed by atoms with Crippen LogP contribution in [0.15, 0.2) is 29.3 Å². The summed E-state index contributed by atoms with van der Waals surface area (Å²) in [5, 5.41) is 0.